The van der Waals surface area contributed by atoms with Crippen molar-refractivity contribution in [3.63, 3.8) is 0 Å². The minimum absolute atomic E-state index is 0.110. The molecule has 0 saturated carbocycles. The first-order valence-corrected chi connectivity index (χ1v) is 12.8. The van der Waals surface area contributed by atoms with Crippen LogP contribution in [-0.4, -0.2) is 74.4 Å². The predicted octanol–water partition coefficient (Wildman–Crippen LogP) is 2.88. The van der Waals surface area contributed by atoms with Gasteiger partial charge in [-0.3, -0.25) is 14.4 Å². The van der Waals surface area contributed by atoms with Gasteiger partial charge >= 0.3 is 0 Å². The molecule has 10 nitrogen and oxygen atoms in total. The number of carbonyl (C=O) groups is 3. The van der Waals surface area contributed by atoms with Crippen LogP contribution in [0.15, 0.2) is 47.6 Å². The number of rotatable bonds is 11. The molecule has 0 aliphatic carbocycles. The van der Waals surface area contributed by atoms with Gasteiger partial charge in [-0.15, -0.1) is 0 Å². The number of carbonyl (C=O) groups excluding carboxylic acids is 3. The van der Waals surface area contributed by atoms with Crippen molar-refractivity contribution in [2.24, 2.45) is 11.0 Å². The molecular formula is C27H33ClN4O6. The molecule has 1 aliphatic rings. The maximum Gasteiger partial charge on any atom is 0.262 e. The van der Waals surface area contributed by atoms with Crippen molar-refractivity contribution in [2.45, 2.75) is 26.8 Å². The zero-order chi connectivity index (χ0) is 27.5. The minimum Gasteiger partial charge on any atom is -0.490 e. The van der Waals surface area contributed by atoms with E-state index >= 15 is 0 Å². The minimum atomic E-state index is -0.808. The van der Waals surface area contributed by atoms with Crippen LogP contribution in [-0.2, 0) is 14.3 Å². The Bertz CT molecular complexity index is 1150. The lowest BCUT2D eigenvalue weighted by Crippen LogP contribution is -2.48. The zero-order valence-corrected chi connectivity index (χ0v) is 22.5. The summed E-state index contributed by atoms with van der Waals surface area (Å²) in [6.45, 7) is 7.90. The number of hydrogen-bond acceptors (Lipinski definition) is 7. The maximum absolute atomic E-state index is 12.8. The van der Waals surface area contributed by atoms with Crippen LogP contribution >= 0.6 is 11.6 Å². The number of hydrogen-bond donors (Lipinski definition) is 2. The van der Waals surface area contributed by atoms with Gasteiger partial charge in [-0.2, -0.15) is 5.10 Å². The number of benzene rings is 2. The SMILES string of the molecule is CCOc1cc(C=NNC(=O)C(NC(=O)c2cccc(Cl)c2)C(C)C)ccc1OCC(=O)N1CCOCC1. The Balaban J connectivity index is 1.60. The lowest BCUT2D eigenvalue weighted by atomic mass is 10.0. The molecule has 1 unspecified atom stereocenters. The van der Waals surface area contributed by atoms with Gasteiger partial charge in [0.15, 0.2) is 18.1 Å². The third-order valence-corrected chi connectivity index (χ3v) is 5.93. The summed E-state index contributed by atoms with van der Waals surface area (Å²) in [5, 5.41) is 7.20. The van der Waals surface area contributed by atoms with E-state index in [0.29, 0.717) is 60.6 Å². The van der Waals surface area contributed by atoms with Crippen molar-refractivity contribution in [1.82, 2.24) is 15.6 Å². The van der Waals surface area contributed by atoms with Gasteiger partial charge in [-0.25, -0.2) is 5.43 Å². The van der Waals surface area contributed by atoms with Gasteiger partial charge in [0.05, 0.1) is 26.0 Å². The quantitative estimate of drug-likeness (QED) is 0.332. The zero-order valence-electron chi connectivity index (χ0n) is 21.7. The fraction of sp³-hybridized carbons (Fsp3) is 0.407. The normalized spacial score (nSPS) is 14.3. The molecule has 1 heterocycles. The highest BCUT2D eigenvalue weighted by molar-refractivity contribution is 6.31. The van der Waals surface area contributed by atoms with Crippen molar-refractivity contribution in [2.75, 3.05) is 39.5 Å². The van der Waals surface area contributed by atoms with E-state index in [4.69, 9.17) is 25.8 Å². The Morgan fingerprint density at radius 1 is 1.11 bits per heavy atom. The van der Waals surface area contributed by atoms with Crippen LogP contribution in [0, 0.1) is 5.92 Å². The van der Waals surface area contributed by atoms with Gasteiger partial charge < -0.3 is 24.4 Å². The van der Waals surface area contributed by atoms with Crippen LogP contribution in [0.5, 0.6) is 11.5 Å². The monoisotopic (exact) mass is 544 g/mol. The summed E-state index contributed by atoms with van der Waals surface area (Å²) in [5.41, 5.74) is 3.48. The molecule has 3 rings (SSSR count). The van der Waals surface area contributed by atoms with Gasteiger partial charge in [-0.05, 0) is 54.8 Å². The molecule has 0 spiro atoms. The Hall–Kier alpha value is -3.63. The molecule has 11 heteroatoms. The standard InChI is InChI=1S/C27H33ClN4O6/c1-4-37-23-14-19(8-9-22(23)38-17-24(33)32-10-12-36-13-11-32)16-29-31-27(35)25(18(2)3)30-26(34)20-6-5-7-21(28)15-20/h5-9,14-16,18,25H,4,10-13,17H2,1-3H3,(H,30,34)(H,31,35). The average molecular weight is 545 g/mol. The van der Waals surface area contributed by atoms with Crippen LogP contribution in [0.1, 0.15) is 36.7 Å². The lowest BCUT2D eigenvalue weighted by molar-refractivity contribution is -0.137. The van der Waals surface area contributed by atoms with Crippen molar-refractivity contribution >= 4 is 35.5 Å². The number of nitrogens with one attached hydrogen (secondary N) is 2. The van der Waals surface area contributed by atoms with Crippen LogP contribution in [0.25, 0.3) is 0 Å². The Morgan fingerprint density at radius 3 is 2.55 bits per heavy atom. The van der Waals surface area contributed by atoms with Crippen molar-refractivity contribution < 1.29 is 28.6 Å². The van der Waals surface area contributed by atoms with E-state index in [-0.39, 0.29) is 18.4 Å². The van der Waals surface area contributed by atoms with Crippen molar-refractivity contribution in [3.8, 4) is 11.5 Å². The molecule has 0 bridgehead atoms. The number of amides is 3. The number of ether oxygens (including phenoxy) is 3. The largest absolute Gasteiger partial charge is 0.490 e. The fourth-order valence-electron chi connectivity index (χ4n) is 3.67. The number of morpholine rings is 1. The molecule has 2 aromatic rings. The molecule has 204 valence electrons. The summed E-state index contributed by atoms with van der Waals surface area (Å²) in [5.74, 6) is -0.294. The summed E-state index contributed by atoms with van der Waals surface area (Å²) in [4.78, 5) is 39.4. The van der Waals surface area contributed by atoms with Crippen molar-refractivity contribution in [1.29, 1.82) is 0 Å². The summed E-state index contributed by atoms with van der Waals surface area (Å²) >= 11 is 5.97. The first kappa shape index (κ1) is 28.9. The summed E-state index contributed by atoms with van der Waals surface area (Å²) in [6, 6.07) is 10.8. The van der Waals surface area contributed by atoms with E-state index in [9.17, 15) is 14.4 Å². The van der Waals surface area contributed by atoms with Crippen LogP contribution in [0.2, 0.25) is 5.02 Å². The third kappa shape index (κ3) is 8.46. The molecular weight excluding hydrogens is 512 g/mol. The summed E-state index contributed by atoms with van der Waals surface area (Å²) < 4.78 is 16.7. The topological polar surface area (TPSA) is 119 Å². The van der Waals surface area contributed by atoms with E-state index in [0.717, 1.165) is 0 Å². The second-order valence-corrected chi connectivity index (χ2v) is 9.30. The second kappa shape index (κ2) is 14.3. The van der Waals surface area contributed by atoms with Crippen LogP contribution in [0.3, 0.4) is 0 Å². The Labute approximate surface area is 227 Å². The molecule has 3 amide bonds. The number of halogens is 1. The summed E-state index contributed by atoms with van der Waals surface area (Å²) in [6.07, 6.45) is 1.46. The Morgan fingerprint density at radius 2 is 1.87 bits per heavy atom. The van der Waals surface area contributed by atoms with Gasteiger partial charge in [0, 0.05) is 23.7 Å². The third-order valence-electron chi connectivity index (χ3n) is 5.69. The van der Waals surface area contributed by atoms with E-state index in [2.05, 4.69) is 15.8 Å². The van der Waals surface area contributed by atoms with Gasteiger partial charge in [0.2, 0.25) is 0 Å². The molecule has 2 N–H and O–H groups in total. The molecule has 0 aromatic heterocycles. The molecule has 1 fully saturated rings. The highest BCUT2D eigenvalue weighted by Gasteiger charge is 2.24. The fourth-order valence-corrected chi connectivity index (χ4v) is 3.86. The van der Waals surface area contributed by atoms with Gasteiger partial charge in [-0.1, -0.05) is 31.5 Å². The first-order chi connectivity index (χ1) is 18.3. The molecule has 1 saturated heterocycles. The van der Waals surface area contributed by atoms with E-state index in [1.807, 2.05) is 20.8 Å². The highest BCUT2D eigenvalue weighted by Crippen LogP contribution is 2.28. The van der Waals surface area contributed by atoms with Crippen LogP contribution in [0.4, 0.5) is 0 Å². The van der Waals surface area contributed by atoms with Gasteiger partial charge in [0.1, 0.15) is 6.04 Å². The van der Waals surface area contributed by atoms with Crippen LogP contribution < -0.4 is 20.2 Å². The van der Waals surface area contributed by atoms with Gasteiger partial charge in [0.25, 0.3) is 17.7 Å². The average Bonchev–Trinajstić information content (AvgIpc) is 2.91. The van der Waals surface area contributed by atoms with E-state index in [1.54, 1.807) is 41.3 Å². The molecule has 38 heavy (non-hydrogen) atoms. The van der Waals surface area contributed by atoms with E-state index in [1.165, 1.54) is 12.3 Å². The second-order valence-electron chi connectivity index (χ2n) is 8.86. The molecule has 1 aliphatic heterocycles. The predicted molar refractivity (Wildman–Crippen MR) is 144 cm³/mol. The molecule has 1 atom stereocenters. The maximum atomic E-state index is 12.8. The summed E-state index contributed by atoms with van der Waals surface area (Å²) in [7, 11) is 0. The number of nitrogens with zero attached hydrogens (tertiary/aromatic N) is 2. The number of hydrazone groups is 1. The molecule has 2 aromatic carbocycles. The highest BCUT2D eigenvalue weighted by atomic mass is 35.5. The molecule has 0 radical (unpaired) electrons. The smallest absolute Gasteiger partial charge is 0.262 e. The first-order valence-electron chi connectivity index (χ1n) is 12.4. The van der Waals surface area contributed by atoms with Crippen molar-refractivity contribution in [3.05, 3.63) is 58.6 Å². The Kier molecular flexibility index (Phi) is 10.9. The van der Waals surface area contributed by atoms with E-state index < -0.39 is 17.9 Å². The lowest BCUT2D eigenvalue weighted by Gasteiger charge is -2.26.